The third kappa shape index (κ3) is 11.9. The van der Waals surface area contributed by atoms with Crippen LogP contribution in [0.4, 0.5) is 0 Å². The number of rotatable bonds is 10. The third-order valence-corrected chi connectivity index (χ3v) is 8.31. The van der Waals surface area contributed by atoms with E-state index in [1.807, 2.05) is 0 Å². The van der Waals surface area contributed by atoms with E-state index in [9.17, 15) is 5.11 Å². The maximum atomic E-state index is 10.1. The zero-order valence-corrected chi connectivity index (χ0v) is 27.6. The second-order valence-corrected chi connectivity index (χ2v) is 13.5. The van der Waals surface area contributed by atoms with Crippen LogP contribution in [0.25, 0.3) is 0 Å². The highest BCUT2D eigenvalue weighted by atomic mass is 16.3. The van der Waals surface area contributed by atoms with E-state index < -0.39 is 0 Å². The number of hydrogen-bond donors (Lipinski definition) is 1. The zero-order chi connectivity index (χ0) is 30.6. The molecule has 1 atom stereocenters. The lowest BCUT2D eigenvalue weighted by molar-refractivity contribution is 0.116. The molecule has 0 aromatic heterocycles. The zero-order valence-electron chi connectivity index (χ0n) is 27.6. The standard InChI is InChI=1S/C40H56O/c1-30(18-13-20-32(3)23-25-37-34(5)22-15-27-39(37,7)8)16-11-12-17-31(2)19-14-21-33(4)24-26-38-35(6)28-36(41)29-40(38,9)10/h11-14,16-21,23-26,36,41H,15,22,27-29H2,1-10H3/b12-11-,18-13-,19-14-,25-23-,26-24-,30-16-,31-17-,32-20-,33-21-/t36-/m1/s1. The molecule has 2 aliphatic carbocycles. The van der Waals surface area contributed by atoms with Crippen LogP contribution in [0.5, 0.6) is 0 Å². The first-order valence-corrected chi connectivity index (χ1v) is 15.4. The Morgan fingerprint density at radius 3 is 1.54 bits per heavy atom. The van der Waals surface area contributed by atoms with Gasteiger partial charge in [-0.2, -0.15) is 0 Å². The summed E-state index contributed by atoms with van der Waals surface area (Å²) >= 11 is 0. The summed E-state index contributed by atoms with van der Waals surface area (Å²) in [7, 11) is 0. The number of aliphatic hydroxyl groups excluding tert-OH is 1. The van der Waals surface area contributed by atoms with Crippen LogP contribution in [-0.4, -0.2) is 11.2 Å². The minimum Gasteiger partial charge on any atom is -0.393 e. The van der Waals surface area contributed by atoms with Gasteiger partial charge in [-0.15, -0.1) is 0 Å². The van der Waals surface area contributed by atoms with Gasteiger partial charge in [-0.1, -0.05) is 146 Å². The molecule has 0 fully saturated rings. The van der Waals surface area contributed by atoms with E-state index >= 15 is 0 Å². The molecular weight excluding hydrogens is 496 g/mol. The van der Waals surface area contributed by atoms with Crippen molar-refractivity contribution in [3.05, 3.63) is 130 Å². The van der Waals surface area contributed by atoms with Crippen molar-refractivity contribution < 1.29 is 5.11 Å². The van der Waals surface area contributed by atoms with Gasteiger partial charge in [-0.25, -0.2) is 0 Å². The number of aliphatic hydroxyl groups is 1. The molecule has 0 bridgehead atoms. The summed E-state index contributed by atoms with van der Waals surface area (Å²) in [6.45, 7) is 22.2. The van der Waals surface area contributed by atoms with Crippen LogP contribution >= 0.6 is 0 Å². The normalized spacial score (nSPS) is 23.5. The molecule has 2 rings (SSSR count). The van der Waals surface area contributed by atoms with Gasteiger partial charge in [-0.05, 0) is 95.6 Å². The smallest absolute Gasteiger partial charge is 0.0585 e. The predicted octanol–water partition coefficient (Wildman–Crippen LogP) is 11.6. The average Bonchev–Trinajstić information content (AvgIpc) is 2.84. The Hall–Kier alpha value is -2.90. The van der Waals surface area contributed by atoms with Gasteiger partial charge in [0.25, 0.3) is 0 Å². The van der Waals surface area contributed by atoms with Gasteiger partial charge in [0.15, 0.2) is 0 Å². The molecule has 0 aromatic carbocycles. The van der Waals surface area contributed by atoms with E-state index in [-0.39, 0.29) is 16.9 Å². The summed E-state index contributed by atoms with van der Waals surface area (Å²) in [5.74, 6) is 0. The molecule has 1 nitrogen and oxygen atoms in total. The van der Waals surface area contributed by atoms with Crippen molar-refractivity contribution in [2.45, 2.75) is 107 Å². The Morgan fingerprint density at radius 2 is 1.07 bits per heavy atom. The highest BCUT2D eigenvalue weighted by Crippen LogP contribution is 2.42. The summed E-state index contributed by atoms with van der Waals surface area (Å²) in [5.41, 5.74) is 10.9. The van der Waals surface area contributed by atoms with Gasteiger partial charge in [0.2, 0.25) is 0 Å². The molecule has 1 N–H and O–H groups in total. The van der Waals surface area contributed by atoms with E-state index in [0.29, 0.717) is 0 Å². The summed E-state index contributed by atoms with van der Waals surface area (Å²) in [6.07, 6.45) is 35.5. The Kier molecular flexibility index (Phi) is 13.3. The van der Waals surface area contributed by atoms with Gasteiger partial charge >= 0.3 is 0 Å². The van der Waals surface area contributed by atoms with Crippen LogP contribution in [0.1, 0.15) is 101 Å². The van der Waals surface area contributed by atoms with Crippen LogP contribution in [-0.2, 0) is 0 Å². The van der Waals surface area contributed by atoms with Gasteiger partial charge in [0.1, 0.15) is 0 Å². The van der Waals surface area contributed by atoms with Crippen molar-refractivity contribution in [1.29, 1.82) is 0 Å². The molecule has 0 heterocycles. The van der Waals surface area contributed by atoms with E-state index in [1.54, 1.807) is 5.57 Å². The first-order valence-electron chi connectivity index (χ1n) is 15.4. The van der Waals surface area contributed by atoms with Crippen molar-refractivity contribution in [3.63, 3.8) is 0 Å². The molecule has 0 saturated heterocycles. The summed E-state index contributed by atoms with van der Waals surface area (Å²) in [4.78, 5) is 0. The highest BCUT2D eigenvalue weighted by molar-refractivity contribution is 5.39. The highest BCUT2D eigenvalue weighted by Gasteiger charge is 2.31. The molecule has 41 heavy (non-hydrogen) atoms. The second kappa shape index (κ2) is 15.9. The number of hydrogen-bond acceptors (Lipinski definition) is 1. The molecule has 1 heteroatoms. The molecule has 0 spiro atoms. The van der Waals surface area contributed by atoms with E-state index in [1.165, 1.54) is 58.3 Å². The largest absolute Gasteiger partial charge is 0.393 e. The van der Waals surface area contributed by atoms with Crippen LogP contribution in [0.15, 0.2) is 130 Å². The second-order valence-electron chi connectivity index (χ2n) is 13.5. The molecule has 0 amide bonds. The van der Waals surface area contributed by atoms with Crippen LogP contribution in [0, 0.1) is 10.8 Å². The lowest BCUT2D eigenvalue weighted by Gasteiger charge is -2.35. The van der Waals surface area contributed by atoms with E-state index in [4.69, 9.17) is 0 Å². The minimum absolute atomic E-state index is 0.0128. The Bertz CT molecular complexity index is 1250. The molecule has 2 aliphatic rings. The first-order chi connectivity index (χ1) is 19.2. The topological polar surface area (TPSA) is 20.2 Å². The molecule has 222 valence electrons. The Balaban J connectivity index is 1.90. The third-order valence-electron chi connectivity index (χ3n) is 8.31. The van der Waals surface area contributed by atoms with Gasteiger partial charge < -0.3 is 5.11 Å². The molecule has 0 radical (unpaired) electrons. The first kappa shape index (κ1) is 34.3. The van der Waals surface area contributed by atoms with Gasteiger partial charge in [-0.3, -0.25) is 0 Å². The summed E-state index contributed by atoms with van der Waals surface area (Å²) in [5, 5.41) is 10.1. The SMILES string of the molecule is CC1=C(\C=C/C(C)=C\C=C/C(C)=C\C=C/C=C(C)\C=C/C=C(C)\C=C/C2=C(C)C[C@@H](O)CC2(C)C)C(C)(C)CCC1. The maximum absolute atomic E-state index is 10.1. The van der Waals surface area contributed by atoms with Crippen LogP contribution in [0.3, 0.4) is 0 Å². The van der Waals surface area contributed by atoms with Crippen molar-refractivity contribution in [2.75, 3.05) is 0 Å². The molecule has 0 unspecified atom stereocenters. The fourth-order valence-electron chi connectivity index (χ4n) is 5.96. The van der Waals surface area contributed by atoms with Gasteiger partial charge in [0.05, 0.1) is 6.10 Å². The summed E-state index contributed by atoms with van der Waals surface area (Å²) < 4.78 is 0. The lowest BCUT2D eigenvalue weighted by Crippen LogP contribution is -2.28. The molecular formula is C40H56O. The summed E-state index contributed by atoms with van der Waals surface area (Å²) in [6, 6.07) is 0. The Labute approximate surface area is 252 Å². The van der Waals surface area contributed by atoms with Crippen molar-refractivity contribution in [1.82, 2.24) is 0 Å². The fourth-order valence-corrected chi connectivity index (χ4v) is 5.96. The lowest BCUT2D eigenvalue weighted by atomic mass is 9.71. The van der Waals surface area contributed by atoms with Crippen molar-refractivity contribution in [3.8, 4) is 0 Å². The molecule has 0 saturated carbocycles. The quantitative estimate of drug-likeness (QED) is 0.267. The molecule has 0 aliphatic heterocycles. The number of allylic oxidation sites excluding steroid dienone is 21. The minimum atomic E-state index is -0.220. The maximum Gasteiger partial charge on any atom is 0.0585 e. The van der Waals surface area contributed by atoms with Crippen LogP contribution < -0.4 is 0 Å². The fraction of sp³-hybridized carbons (Fsp3) is 0.450. The average molecular weight is 553 g/mol. The monoisotopic (exact) mass is 552 g/mol. The van der Waals surface area contributed by atoms with Crippen molar-refractivity contribution in [2.24, 2.45) is 10.8 Å². The van der Waals surface area contributed by atoms with Crippen molar-refractivity contribution >= 4 is 0 Å². The Morgan fingerprint density at radius 1 is 0.634 bits per heavy atom. The van der Waals surface area contributed by atoms with Gasteiger partial charge in [0, 0.05) is 0 Å². The predicted molar refractivity (Wildman–Crippen MR) is 183 cm³/mol. The van der Waals surface area contributed by atoms with Crippen LogP contribution in [0.2, 0.25) is 0 Å². The van der Waals surface area contributed by atoms with E-state index in [0.717, 1.165) is 12.8 Å². The molecule has 0 aromatic rings. The van der Waals surface area contributed by atoms with E-state index in [2.05, 4.69) is 154 Å².